The lowest BCUT2D eigenvalue weighted by Gasteiger charge is -2.34. The van der Waals surface area contributed by atoms with Gasteiger partial charge in [0.25, 0.3) is 0 Å². The fourth-order valence-corrected chi connectivity index (χ4v) is 1.42. The summed E-state index contributed by atoms with van der Waals surface area (Å²) in [4.78, 5) is 10.5. The largest absolute Gasteiger partial charge is 0.298 e. The van der Waals surface area contributed by atoms with Crippen molar-refractivity contribution in [1.82, 2.24) is 0 Å². The number of halogens is 4. The second-order valence-electron chi connectivity index (χ2n) is 4.37. The molecule has 0 bridgehead atoms. The molecule has 0 radical (unpaired) electrons. The van der Waals surface area contributed by atoms with E-state index in [0.717, 1.165) is 0 Å². The Morgan fingerprint density at radius 2 is 1.07 bits per heavy atom. The van der Waals surface area contributed by atoms with E-state index in [4.69, 9.17) is 46.4 Å². The third kappa shape index (κ3) is 2.91. The summed E-state index contributed by atoms with van der Waals surface area (Å²) >= 11 is 22.9. The van der Waals surface area contributed by atoms with Gasteiger partial charge in [-0.3, -0.25) is 4.79 Å². The van der Waals surface area contributed by atoms with Gasteiger partial charge in [-0.2, -0.15) is 0 Å². The van der Waals surface area contributed by atoms with E-state index in [0.29, 0.717) is 0 Å². The second kappa shape index (κ2) is 4.78. The van der Waals surface area contributed by atoms with Gasteiger partial charge < -0.3 is 0 Å². The molecule has 0 aliphatic heterocycles. The minimum absolute atomic E-state index is 0.144. The highest BCUT2D eigenvalue weighted by atomic mass is 35.5. The molecule has 1 nitrogen and oxygen atoms in total. The number of alkyl halides is 4. The SMILES string of the molecule is CC(C)(C(=O)C(C)(C)C(Cl)Cl)C(Cl)Cl. The summed E-state index contributed by atoms with van der Waals surface area (Å²) in [6, 6.07) is 0. The average molecular weight is 280 g/mol. The summed E-state index contributed by atoms with van der Waals surface area (Å²) in [5, 5.41) is 0. The van der Waals surface area contributed by atoms with Crippen LogP contribution in [-0.2, 0) is 4.79 Å². The Morgan fingerprint density at radius 3 is 1.21 bits per heavy atom. The number of carbonyl (C=O) groups is 1. The Labute approximate surface area is 105 Å². The van der Waals surface area contributed by atoms with Gasteiger partial charge in [0.05, 0.1) is 10.8 Å². The molecule has 0 aliphatic rings. The van der Waals surface area contributed by atoms with E-state index in [1.807, 2.05) is 0 Å². The van der Waals surface area contributed by atoms with Crippen molar-refractivity contribution in [2.24, 2.45) is 10.8 Å². The van der Waals surface area contributed by atoms with Crippen LogP contribution in [0.25, 0.3) is 0 Å². The third-order valence-corrected chi connectivity index (χ3v) is 4.44. The number of Topliss-reactive ketones (excluding diaryl/α,β-unsaturated/α-hetero) is 1. The molecular formula is C9H14Cl4O. The number of ketones is 1. The van der Waals surface area contributed by atoms with Gasteiger partial charge in [-0.25, -0.2) is 0 Å². The highest BCUT2D eigenvalue weighted by Gasteiger charge is 2.45. The normalized spacial score (nSPS) is 13.9. The minimum atomic E-state index is -0.853. The first-order valence-electron chi connectivity index (χ1n) is 4.15. The first-order valence-corrected chi connectivity index (χ1v) is 5.90. The lowest BCUT2D eigenvalue weighted by Crippen LogP contribution is -2.43. The molecule has 0 aromatic carbocycles. The first-order chi connectivity index (χ1) is 6.04. The van der Waals surface area contributed by atoms with Crippen LogP contribution in [0.4, 0.5) is 0 Å². The molecule has 84 valence electrons. The van der Waals surface area contributed by atoms with Crippen LogP contribution in [0.5, 0.6) is 0 Å². The van der Waals surface area contributed by atoms with Crippen LogP contribution >= 0.6 is 46.4 Å². The molecule has 0 saturated carbocycles. The van der Waals surface area contributed by atoms with E-state index >= 15 is 0 Å². The molecule has 5 heteroatoms. The van der Waals surface area contributed by atoms with Gasteiger partial charge in [0.1, 0.15) is 15.5 Å². The Kier molecular flexibility index (Phi) is 5.06. The maximum Gasteiger partial charge on any atom is 0.149 e. The first kappa shape index (κ1) is 14.8. The molecule has 0 aromatic heterocycles. The predicted octanol–water partition coefficient (Wildman–Crippen LogP) is 4.22. The van der Waals surface area contributed by atoms with Crippen molar-refractivity contribution in [3.05, 3.63) is 0 Å². The van der Waals surface area contributed by atoms with E-state index < -0.39 is 20.5 Å². The highest BCUT2D eigenvalue weighted by molar-refractivity contribution is 6.47. The fraction of sp³-hybridized carbons (Fsp3) is 0.889. The predicted molar refractivity (Wildman–Crippen MR) is 63.6 cm³/mol. The Morgan fingerprint density at radius 1 is 0.857 bits per heavy atom. The quantitative estimate of drug-likeness (QED) is 0.705. The van der Waals surface area contributed by atoms with Crippen LogP contribution in [0.2, 0.25) is 0 Å². The van der Waals surface area contributed by atoms with Crippen LogP contribution < -0.4 is 0 Å². The molecule has 0 heterocycles. The van der Waals surface area contributed by atoms with Crippen molar-refractivity contribution >= 4 is 52.2 Å². The molecule has 0 rings (SSSR count). The molecule has 0 spiro atoms. The van der Waals surface area contributed by atoms with Gasteiger partial charge in [-0.05, 0) is 0 Å². The minimum Gasteiger partial charge on any atom is -0.298 e. The van der Waals surface area contributed by atoms with E-state index in [1.54, 1.807) is 27.7 Å². The lowest BCUT2D eigenvalue weighted by atomic mass is 9.75. The molecule has 0 atom stereocenters. The van der Waals surface area contributed by atoms with Crippen molar-refractivity contribution < 1.29 is 4.79 Å². The molecule has 0 unspecified atom stereocenters. The number of rotatable bonds is 4. The van der Waals surface area contributed by atoms with E-state index in [9.17, 15) is 4.79 Å². The fourth-order valence-electron chi connectivity index (χ4n) is 1.03. The van der Waals surface area contributed by atoms with E-state index in [1.165, 1.54) is 0 Å². The zero-order valence-electron chi connectivity index (χ0n) is 8.57. The van der Waals surface area contributed by atoms with Crippen molar-refractivity contribution in [2.75, 3.05) is 0 Å². The molecule has 0 N–H and O–H groups in total. The zero-order chi connectivity index (χ0) is 11.7. The smallest absolute Gasteiger partial charge is 0.149 e. The van der Waals surface area contributed by atoms with Crippen LogP contribution in [0, 0.1) is 10.8 Å². The summed E-state index contributed by atoms with van der Waals surface area (Å²) in [5.41, 5.74) is -1.71. The van der Waals surface area contributed by atoms with Crippen molar-refractivity contribution in [3.8, 4) is 0 Å². The maximum atomic E-state index is 12.0. The Bertz CT molecular complexity index is 199. The summed E-state index contributed by atoms with van der Waals surface area (Å²) in [7, 11) is 0. The molecule has 0 aliphatic carbocycles. The van der Waals surface area contributed by atoms with E-state index in [2.05, 4.69) is 0 Å². The van der Waals surface area contributed by atoms with Gasteiger partial charge in [-0.15, -0.1) is 46.4 Å². The monoisotopic (exact) mass is 278 g/mol. The van der Waals surface area contributed by atoms with Crippen LogP contribution in [-0.4, -0.2) is 15.5 Å². The molecule has 14 heavy (non-hydrogen) atoms. The lowest BCUT2D eigenvalue weighted by molar-refractivity contribution is -0.134. The van der Waals surface area contributed by atoms with Crippen molar-refractivity contribution in [1.29, 1.82) is 0 Å². The number of hydrogen-bond acceptors (Lipinski definition) is 1. The zero-order valence-corrected chi connectivity index (χ0v) is 11.6. The third-order valence-electron chi connectivity index (χ3n) is 2.26. The summed E-state index contributed by atoms with van der Waals surface area (Å²) in [6.07, 6.45) is 0. The van der Waals surface area contributed by atoms with Gasteiger partial charge in [0, 0.05) is 0 Å². The highest BCUT2D eigenvalue weighted by Crippen LogP contribution is 2.40. The Balaban J connectivity index is 4.96. The molecular weight excluding hydrogens is 266 g/mol. The molecule has 0 fully saturated rings. The Hall–Kier alpha value is 0.830. The van der Waals surface area contributed by atoms with Crippen LogP contribution in [0.3, 0.4) is 0 Å². The summed E-state index contributed by atoms with van der Waals surface area (Å²) < 4.78 is 0. The van der Waals surface area contributed by atoms with Gasteiger partial charge in [-0.1, -0.05) is 27.7 Å². The number of carbonyl (C=O) groups excluding carboxylic acids is 1. The maximum absolute atomic E-state index is 12.0. The summed E-state index contributed by atoms with van der Waals surface area (Å²) in [6.45, 7) is 6.71. The average Bonchev–Trinajstić information content (AvgIpc) is 2.02. The van der Waals surface area contributed by atoms with Gasteiger partial charge in [0.2, 0.25) is 0 Å². The molecule has 0 saturated heterocycles. The van der Waals surface area contributed by atoms with Gasteiger partial charge in [0.15, 0.2) is 0 Å². The van der Waals surface area contributed by atoms with Crippen LogP contribution in [0.15, 0.2) is 0 Å². The molecule has 0 aromatic rings. The van der Waals surface area contributed by atoms with Crippen molar-refractivity contribution in [2.45, 2.75) is 37.4 Å². The topological polar surface area (TPSA) is 17.1 Å². The molecule has 0 amide bonds. The standard InChI is InChI=1S/C9H14Cl4O/c1-8(2,6(10)11)5(14)9(3,4)7(12)13/h6-7H,1-4H3. The van der Waals surface area contributed by atoms with E-state index in [-0.39, 0.29) is 5.78 Å². The second-order valence-corrected chi connectivity index (χ2v) is 6.57. The van der Waals surface area contributed by atoms with Crippen molar-refractivity contribution in [3.63, 3.8) is 0 Å². The van der Waals surface area contributed by atoms with Gasteiger partial charge >= 0.3 is 0 Å². The van der Waals surface area contributed by atoms with Crippen LogP contribution in [0.1, 0.15) is 27.7 Å². The number of hydrogen-bond donors (Lipinski definition) is 0. The summed E-state index contributed by atoms with van der Waals surface area (Å²) in [5.74, 6) is -0.144.